The minimum atomic E-state index is -4.09. The zero-order valence-electron chi connectivity index (χ0n) is 16.2. The Hall–Kier alpha value is -2.03. The van der Waals surface area contributed by atoms with Gasteiger partial charge in [0.1, 0.15) is 5.75 Å². The van der Waals surface area contributed by atoms with Crippen molar-refractivity contribution < 1.29 is 32.5 Å². The Labute approximate surface area is 168 Å². The highest BCUT2D eigenvalue weighted by atomic mass is 19.4. The number of hydrogen-bond acceptors (Lipinski definition) is 5. The van der Waals surface area contributed by atoms with Gasteiger partial charge in [-0.2, -0.15) is 13.2 Å². The number of pyridine rings is 1. The molecule has 0 radical (unpaired) electrons. The molecule has 2 aliphatic rings. The van der Waals surface area contributed by atoms with Gasteiger partial charge >= 0.3 is 12.1 Å². The van der Waals surface area contributed by atoms with Gasteiger partial charge < -0.3 is 19.5 Å². The summed E-state index contributed by atoms with van der Waals surface area (Å²) in [5.41, 5.74) is 0.868. The quantitative estimate of drug-likeness (QED) is 0.727. The van der Waals surface area contributed by atoms with E-state index in [4.69, 9.17) is 14.6 Å². The van der Waals surface area contributed by atoms with E-state index in [1.54, 1.807) is 12.4 Å². The third-order valence-electron chi connectivity index (χ3n) is 5.68. The van der Waals surface area contributed by atoms with Crippen LogP contribution in [0.3, 0.4) is 0 Å². The van der Waals surface area contributed by atoms with Crippen molar-refractivity contribution in [1.29, 1.82) is 0 Å². The highest BCUT2D eigenvalue weighted by molar-refractivity contribution is 5.66. The number of ether oxygens (including phenoxy) is 2. The lowest BCUT2D eigenvalue weighted by Crippen LogP contribution is -2.42. The predicted molar refractivity (Wildman–Crippen MR) is 100 cm³/mol. The van der Waals surface area contributed by atoms with Crippen LogP contribution in [0, 0.1) is 11.8 Å². The second kappa shape index (κ2) is 9.65. The number of rotatable bonds is 7. The first-order valence-electron chi connectivity index (χ1n) is 10.0. The van der Waals surface area contributed by atoms with Crippen LogP contribution >= 0.6 is 0 Å². The molecule has 0 unspecified atom stereocenters. The van der Waals surface area contributed by atoms with Crippen molar-refractivity contribution in [3.63, 3.8) is 0 Å². The SMILES string of the molecule is O=C(O)CC[C@H]1CN(c2cncc(OC[C@H]3CC[C@@H](C(F)(F)F)CC3)c2)CCO1. The number of carbonyl (C=O) groups is 1. The van der Waals surface area contributed by atoms with Crippen molar-refractivity contribution in [3.8, 4) is 5.75 Å². The zero-order valence-corrected chi connectivity index (χ0v) is 16.2. The van der Waals surface area contributed by atoms with Crippen LogP contribution in [0.5, 0.6) is 5.75 Å². The molecule has 2 fully saturated rings. The molecule has 6 nitrogen and oxygen atoms in total. The molecule has 9 heteroatoms. The first-order chi connectivity index (χ1) is 13.8. The monoisotopic (exact) mass is 416 g/mol. The number of anilines is 1. The van der Waals surface area contributed by atoms with Crippen molar-refractivity contribution in [2.45, 2.75) is 50.8 Å². The molecule has 1 aliphatic carbocycles. The van der Waals surface area contributed by atoms with Crippen LogP contribution in [0.2, 0.25) is 0 Å². The van der Waals surface area contributed by atoms with Gasteiger partial charge in [0.15, 0.2) is 0 Å². The summed E-state index contributed by atoms with van der Waals surface area (Å²) in [4.78, 5) is 17.1. The van der Waals surface area contributed by atoms with Gasteiger partial charge in [-0.25, -0.2) is 0 Å². The van der Waals surface area contributed by atoms with Crippen molar-refractivity contribution in [3.05, 3.63) is 18.5 Å². The molecule has 0 aromatic carbocycles. The van der Waals surface area contributed by atoms with Crippen molar-refractivity contribution >= 4 is 11.7 Å². The minimum absolute atomic E-state index is 0.0660. The number of aromatic nitrogens is 1. The largest absolute Gasteiger partial charge is 0.492 e. The van der Waals surface area contributed by atoms with Crippen LogP contribution in [0.1, 0.15) is 38.5 Å². The number of nitrogens with zero attached hydrogens (tertiary/aromatic N) is 2. The van der Waals surface area contributed by atoms with E-state index in [2.05, 4.69) is 9.88 Å². The summed E-state index contributed by atoms with van der Waals surface area (Å²) in [6.07, 6.45) is 0.986. The van der Waals surface area contributed by atoms with Crippen LogP contribution in [-0.2, 0) is 9.53 Å². The van der Waals surface area contributed by atoms with Gasteiger partial charge in [0.05, 0.1) is 43.3 Å². The Bertz CT molecular complexity index is 678. The normalized spacial score (nSPS) is 25.6. The Morgan fingerprint density at radius 3 is 2.72 bits per heavy atom. The molecule has 1 aromatic rings. The first-order valence-corrected chi connectivity index (χ1v) is 10.0. The molecule has 1 aliphatic heterocycles. The lowest BCUT2D eigenvalue weighted by molar-refractivity contribution is -0.184. The number of carboxylic acid groups (broad SMARTS) is 1. The standard InChI is InChI=1S/C20H27F3N2O4/c21-20(22,23)15-3-1-14(2-4-15)13-29-18-9-16(10-24-11-18)25-7-8-28-17(12-25)5-6-19(26)27/h9-11,14-15,17H,1-8,12-13H2,(H,26,27)/t14-,15+,17-/m0/s1. The topological polar surface area (TPSA) is 71.9 Å². The van der Waals surface area contributed by atoms with E-state index in [9.17, 15) is 18.0 Å². The van der Waals surface area contributed by atoms with Gasteiger partial charge in [-0.15, -0.1) is 0 Å². The van der Waals surface area contributed by atoms with Crippen LogP contribution in [0.25, 0.3) is 0 Å². The minimum Gasteiger partial charge on any atom is -0.492 e. The number of halogens is 3. The summed E-state index contributed by atoms with van der Waals surface area (Å²) in [6, 6.07) is 1.87. The Morgan fingerprint density at radius 2 is 2.03 bits per heavy atom. The molecule has 29 heavy (non-hydrogen) atoms. The van der Waals surface area contributed by atoms with Crippen LogP contribution in [-0.4, -0.2) is 54.6 Å². The molecular weight excluding hydrogens is 389 g/mol. The summed E-state index contributed by atoms with van der Waals surface area (Å²) >= 11 is 0. The van der Waals surface area contributed by atoms with Gasteiger partial charge in [0.2, 0.25) is 0 Å². The van der Waals surface area contributed by atoms with E-state index in [0.29, 0.717) is 51.3 Å². The maximum Gasteiger partial charge on any atom is 0.391 e. The van der Waals surface area contributed by atoms with E-state index >= 15 is 0 Å². The fourth-order valence-corrected chi connectivity index (χ4v) is 3.94. The number of carboxylic acids is 1. The number of aliphatic carboxylic acids is 1. The second-order valence-corrected chi connectivity index (χ2v) is 7.82. The van der Waals surface area contributed by atoms with Gasteiger partial charge in [-0.3, -0.25) is 9.78 Å². The third-order valence-corrected chi connectivity index (χ3v) is 5.68. The fourth-order valence-electron chi connectivity index (χ4n) is 3.94. The average molecular weight is 416 g/mol. The summed E-state index contributed by atoms with van der Waals surface area (Å²) in [7, 11) is 0. The maximum absolute atomic E-state index is 12.8. The molecular formula is C20H27F3N2O4. The first kappa shape index (κ1) is 21.7. The van der Waals surface area contributed by atoms with Gasteiger partial charge in [0.25, 0.3) is 0 Å². The molecule has 1 aromatic heterocycles. The fraction of sp³-hybridized carbons (Fsp3) is 0.700. The number of alkyl halides is 3. The highest BCUT2D eigenvalue weighted by Gasteiger charge is 2.41. The van der Waals surface area contributed by atoms with E-state index in [-0.39, 0.29) is 31.3 Å². The molecule has 3 rings (SSSR count). The number of morpholine rings is 1. The maximum atomic E-state index is 12.8. The molecule has 1 atom stereocenters. The summed E-state index contributed by atoms with van der Waals surface area (Å²) in [6.45, 7) is 2.16. The molecule has 1 saturated carbocycles. The molecule has 1 N–H and O–H groups in total. The highest BCUT2D eigenvalue weighted by Crippen LogP contribution is 2.39. The summed E-state index contributed by atoms with van der Waals surface area (Å²) in [5.74, 6) is -1.30. The van der Waals surface area contributed by atoms with Crippen molar-refractivity contribution in [1.82, 2.24) is 4.98 Å². The summed E-state index contributed by atoms with van der Waals surface area (Å²) < 4.78 is 49.8. The molecule has 0 bridgehead atoms. The zero-order chi connectivity index (χ0) is 20.9. The summed E-state index contributed by atoms with van der Waals surface area (Å²) in [5, 5.41) is 8.83. The Balaban J connectivity index is 1.49. The molecule has 0 amide bonds. The predicted octanol–water partition coefficient (Wildman–Crippen LogP) is 3.90. The number of hydrogen-bond donors (Lipinski definition) is 1. The van der Waals surface area contributed by atoms with E-state index in [1.807, 2.05) is 6.07 Å². The molecule has 0 spiro atoms. The Morgan fingerprint density at radius 1 is 1.28 bits per heavy atom. The lowest BCUT2D eigenvalue weighted by atomic mass is 9.82. The van der Waals surface area contributed by atoms with Crippen LogP contribution < -0.4 is 9.64 Å². The molecule has 2 heterocycles. The van der Waals surface area contributed by atoms with Crippen LogP contribution in [0.4, 0.5) is 18.9 Å². The van der Waals surface area contributed by atoms with Gasteiger partial charge in [0, 0.05) is 25.6 Å². The van der Waals surface area contributed by atoms with Gasteiger partial charge in [-0.05, 0) is 38.0 Å². The van der Waals surface area contributed by atoms with Gasteiger partial charge in [-0.1, -0.05) is 0 Å². The van der Waals surface area contributed by atoms with E-state index < -0.39 is 18.1 Å². The molecule has 1 saturated heterocycles. The second-order valence-electron chi connectivity index (χ2n) is 7.82. The average Bonchev–Trinajstić information content (AvgIpc) is 2.71. The third kappa shape index (κ3) is 6.48. The van der Waals surface area contributed by atoms with Crippen molar-refractivity contribution in [2.75, 3.05) is 31.2 Å². The lowest BCUT2D eigenvalue weighted by Gasteiger charge is -2.34. The van der Waals surface area contributed by atoms with Crippen LogP contribution in [0.15, 0.2) is 18.5 Å². The van der Waals surface area contributed by atoms with Crippen molar-refractivity contribution in [2.24, 2.45) is 11.8 Å². The van der Waals surface area contributed by atoms with E-state index in [0.717, 1.165) is 5.69 Å². The van der Waals surface area contributed by atoms with E-state index in [1.165, 1.54) is 0 Å². The Kier molecular flexibility index (Phi) is 7.21. The molecule has 162 valence electrons. The smallest absolute Gasteiger partial charge is 0.391 e.